The third-order valence-electron chi connectivity index (χ3n) is 7.57. The van der Waals surface area contributed by atoms with Gasteiger partial charge in [0.2, 0.25) is 0 Å². The maximum Gasteiger partial charge on any atom is 0.0461 e. The summed E-state index contributed by atoms with van der Waals surface area (Å²) < 4.78 is 0. The summed E-state index contributed by atoms with van der Waals surface area (Å²) in [5.74, 6) is 0. The van der Waals surface area contributed by atoms with E-state index in [9.17, 15) is 0 Å². The smallest absolute Gasteiger partial charge is 0.0461 e. The van der Waals surface area contributed by atoms with Crippen molar-refractivity contribution in [2.24, 2.45) is 0 Å². The Kier molecular flexibility index (Phi) is 7.13. The van der Waals surface area contributed by atoms with Gasteiger partial charge in [-0.05, 0) is 82.2 Å². The Bertz CT molecular complexity index is 970. The van der Waals surface area contributed by atoms with E-state index in [1.165, 1.54) is 33.8 Å². The van der Waals surface area contributed by atoms with E-state index in [4.69, 9.17) is 0 Å². The Morgan fingerprint density at radius 1 is 0.455 bits per heavy atom. The van der Waals surface area contributed by atoms with Gasteiger partial charge in [-0.25, -0.2) is 0 Å². The van der Waals surface area contributed by atoms with Crippen molar-refractivity contribution < 1.29 is 0 Å². The average Bonchev–Trinajstić information content (AvgIpc) is 2.80. The van der Waals surface area contributed by atoms with Crippen molar-refractivity contribution in [3.05, 3.63) is 89.5 Å². The molecule has 33 heavy (non-hydrogen) atoms. The zero-order chi connectivity index (χ0) is 24.4. The normalized spacial score (nSPS) is 12.6. The molecule has 0 saturated heterocycles. The lowest BCUT2D eigenvalue weighted by Gasteiger charge is -2.29. The van der Waals surface area contributed by atoms with Crippen LogP contribution in [0.25, 0.3) is 0 Å². The highest BCUT2D eigenvalue weighted by atomic mass is 15.1. The molecule has 0 aliphatic heterocycles. The molecule has 0 fully saturated rings. The van der Waals surface area contributed by atoms with Crippen LogP contribution in [0.5, 0.6) is 0 Å². The predicted molar refractivity (Wildman–Crippen MR) is 146 cm³/mol. The van der Waals surface area contributed by atoms with E-state index in [-0.39, 0.29) is 16.2 Å². The minimum Gasteiger partial charge on any atom is -0.311 e. The Morgan fingerprint density at radius 3 is 0.970 bits per heavy atom. The molecule has 0 spiro atoms. The van der Waals surface area contributed by atoms with E-state index < -0.39 is 0 Å². The molecule has 3 aromatic carbocycles. The van der Waals surface area contributed by atoms with E-state index >= 15 is 0 Å². The molecule has 1 nitrogen and oxygen atoms in total. The first-order valence-corrected chi connectivity index (χ1v) is 12.5. The Labute approximate surface area is 202 Å². The van der Waals surface area contributed by atoms with Crippen molar-refractivity contribution in [3.63, 3.8) is 0 Å². The molecule has 0 N–H and O–H groups in total. The largest absolute Gasteiger partial charge is 0.311 e. The quantitative estimate of drug-likeness (QED) is 0.352. The SMILES string of the molecule is CCC(C)(C)c1ccc(N(c2ccc(C(C)(C)C)cc2)c2ccc(C(C)(C)CC)cc2)cc1. The summed E-state index contributed by atoms with van der Waals surface area (Å²) in [7, 11) is 0. The Hall–Kier alpha value is -2.54. The third kappa shape index (κ3) is 5.52. The first-order chi connectivity index (χ1) is 15.4. The summed E-state index contributed by atoms with van der Waals surface area (Å²) >= 11 is 0. The fourth-order valence-corrected chi connectivity index (χ4v) is 4.09. The summed E-state index contributed by atoms with van der Waals surface area (Å²) in [6.07, 6.45) is 2.25. The lowest BCUT2D eigenvalue weighted by molar-refractivity contribution is 0.506. The first-order valence-electron chi connectivity index (χ1n) is 12.5. The monoisotopic (exact) mass is 441 g/mol. The fraction of sp³-hybridized carbons (Fsp3) is 0.438. The van der Waals surface area contributed by atoms with Gasteiger partial charge in [0.05, 0.1) is 0 Å². The topological polar surface area (TPSA) is 3.24 Å². The lowest BCUT2D eigenvalue weighted by Crippen LogP contribution is -2.17. The molecule has 0 amide bonds. The molecule has 176 valence electrons. The molecule has 3 aromatic rings. The Morgan fingerprint density at radius 2 is 0.727 bits per heavy atom. The van der Waals surface area contributed by atoms with E-state index in [1.54, 1.807) is 0 Å². The van der Waals surface area contributed by atoms with Crippen LogP contribution in [0.2, 0.25) is 0 Å². The van der Waals surface area contributed by atoms with Crippen LogP contribution in [0.3, 0.4) is 0 Å². The maximum absolute atomic E-state index is 2.37. The zero-order valence-corrected chi connectivity index (χ0v) is 22.3. The molecule has 0 bridgehead atoms. The number of benzene rings is 3. The van der Waals surface area contributed by atoms with Gasteiger partial charge in [-0.2, -0.15) is 0 Å². The van der Waals surface area contributed by atoms with E-state index in [2.05, 4.69) is 140 Å². The summed E-state index contributed by atoms with van der Waals surface area (Å²) in [5, 5.41) is 0. The van der Waals surface area contributed by atoms with Gasteiger partial charge in [-0.15, -0.1) is 0 Å². The third-order valence-corrected chi connectivity index (χ3v) is 7.57. The summed E-state index contributed by atoms with van der Waals surface area (Å²) in [6, 6.07) is 27.3. The molecular formula is C32H43N. The molecular weight excluding hydrogens is 398 g/mol. The second-order valence-electron chi connectivity index (χ2n) is 11.7. The minimum absolute atomic E-state index is 0.143. The fourth-order valence-electron chi connectivity index (χ4n) is 4.09. The molecule has 0 aliphatic carbocycles. The van der Waals surface area contributed by atoms with Crippen LogP contribution < -0.4 is 4.90 Å². The zero-order valence-electron chi connectivity index (χ0n) is 22.3. The van der Waals surface area contributed by atoms with Gasteiger partial charge >= 0.3 is 0 Å². The minimum atomic E-state index is 0.143. The number of rotatable bonds is 7. The van der Waals surface area contributed by atoms with Crippen molar-refractivity contribution in [1.29, 1.82) is 0 Å². The van der Waals surface area contributed by atoms with Crippen molar-refractivity contribution in [2.75, 3.05) is 4.90 Å². The van der Waals surface area contributed by atoms with Crippen LogP contribution in [0.4, 0.5) is 17.1 Å². The molecule has 0 radical (unpaired) electrons. The number of hydrogen-bond donors (Lipinski definition) is 0. The molecule has 0 saturated carbocycles. The van der Waals surface area contributed by atoms with Gasteiger partial charge in [0.1, 0.15) is 0 Å². The molecule has 0 aliphatic rings. The van der Waals surface area contributed by atoms with Crippen LogP contribution in [0.15, 0.2) is 72.8 Å². The lowest BCUT2D eigenvalue weighted by atomic mass is 9.82. The number of hydrogen-bond acceptors (Lipinski definition) is 1. The van der Waals surface area contributed by atoms with Gasteiger partial charge < -0.3 is 4.90 Å². The summed E-state index contributed by atoms with van der Waals surface area (Å²) in [4.78, 5) is 2.37. The van der Waals surface area contributed by atoms with Crippen LogP contribution in [0, 0.1) is 0 Å². The van der Waals surface area contributed by atoms with Crippen LogP contribution in [-0.4, -0.2) is 0 Å². The average molecular weight is 442 g/mol. The van der Waals surface area contributed by atoms with Crippen LogP contribution in [0.1, 0.15) is 91.8 Å². The molecule has 0 unspecified atom stereocenters. The highest BCUT2D eigenvalue weighted by molar-refractivity contribution is 5.77. The van der Waals surface area contributed by atoms with Crippen LogP contribution in [-0.2, 0) is 16.2 Å². The standard InChI is InChI=1S/C32H43N/c1-10-31(6,7)25-14-20-28(21-15-25)33(27-18-12-24(13-19-27)30(3,4)5)29-22-16-26(17-23-29)32(8,9)11-2/h12-23H,10-11H2,1-9H3. The summed E-state index contributed by atoms with van der Waals surface area (Å²) in [5.41, 5.74) is 8.21. The van der Waals surface area contributed by atoms with Gasteiger partial charge in [0.15, 0.2) is 0 Å². The van der Waals surface area contributed by atoms with E-state index in [0.29, 0.717) is 0 Å². The van der Waals surface area contributed by atoms with Gasteiger partial charge in [0, 0.05) is 17.1 Å². The van der Waals surface area contributed by atoms with Crippen molar-refractivity contribution >= 4 is 17.1 Å². The predicted octanol–water partition coefficient (Wildman–Crippen LogP) is 9.83. The molecule has 0 atom stereocenters. The molecule has 0 aromatic heterocycles. The number of anilines is 3. The molecule has 1 heteroatoms. The highest BCUT2D eigenvalue weighted by Gasteiger charge is 2.21. The van der Waals surface area contributed by atoms with Gasteiger partial charge in [-0.3, -0.25) is 0 Å². The summed E-state index contributed by atoms with van der Waals surface area (Å²) in [6.45, 7) is 20.6. The highest BCUT2D eigenvalue weighted by Crippen LogP contribution is 2.38. The van der Waals surface area contributed by atoms with Gasteiger partial charge in [0.25, 0.3) is 0 Å². The van der Waals surface area contributed by atoms with E-state index in [0.717, 1.165) is 12.8 Å². The molecule has 3 rings (SSSR count). The first kappa shape index (κ1) is 25.1. The van der Waals surface area contributed by atoms with Crippen molar-refractivity contribution in [1.82, 2.24) is 0 Å². The van der Waals surface area contributed by atoms with Crippen LogP contribution >= 0.6 is 0 Å². The van der Waals surface area contributed by atoms with E-state index in [1.807, 2.05) is 0 Å². The maximum atomic E-state index is 2.37. The second kappa shape index (κ2) is 9.37. The van der Waals surface area contributed by atoms with Gasteiger partial charge in [-0.1, -0.05) is 98.7 Å². The van der Waals surface area contributed by atoms with Crippen molar-refractivity contribution in [2.45, 2.75) is 91.4 Å². The number of nitrogens with zero attached hydrogens (tertiary/aromatic N) is 1. The van der Waals surface area contributed by atoms with Crippen molar-refractivity contribution in [3.8, 4) is 0 Å². The Balaban J connectivity index is 2.07. The molecule has 0 heterocycles. The second-order valence-corrected chi connectivity index (χ2v) is 11.7.